The number of nitrogen functional groups attached to an aromatic ring is 1. The van der Waals surface area contributed by atoms with Gasteiger partial charge in [-0.25, -0.2) is 4.79 Å². The number of rotatable bonds is 7. The van der Waals surface area contributed by atoms with E-state index in [1.54, 1.807) is 30.0 Å². The lowest BCUT2D eigenvalue weighted by atomic mass is 10.1. The molecule has 0 radical (unpaired) electrons. The summed E-state index contributed by atoms with van der Waals surface area (Å²) in [7, 11) is 0. The Bertz CT molecular complexity index is 417. The van der Waals surface area contributed by atoms with E-state index in [9.17, 15) is 4.79 Å². The first-order valence-corrected chi connectivity index (χ1v) is 6.18. The van der Waals surface area contributed by atoms with E-state index in [4.69, 9.17) is 20.7 Å². The summed E-state index contributed by atoms with van der Waals surface area (Å²) >= 11 is 0. The second kappa shape index (κ2) is 7.60. The molecule has 19 heavy (non-hydrogen) atoms. The van der Waals surface area contributed by atoms with Gasteiger partial charge < -0.3 is 25.6 Å². The van der Waals surface area contributed by atoms with Gasteiger partial charge in [0.15, 0.2) is 0 Å². The van der Waals surface area contributed by atoms with Crippen molar-refractivity contribution in [2.75, 3.05) is 43.5 Å². The van der Waals surface area contributed by atoms with Gasteiger partial charge in [0.05, 0.1) is 36.8 Å². The number of nitrogens with zero attached hydrogens (tertiary/aromatic N) is 1. The number of carbonyl (C=O) groups is 1. The molecule has 0 saturated heterocycles. The summed E-state index contributed by atoms with van der Waals surface area (Å²) in [6.45, 7) is 2.35. The minimum atomic E-state index is -0.467. The van der Waals surface area contributed by atoms with Gasteiger partial charge in [-0.2, -0.15) is 0 Å². The van der Waals surface area contributed by atoms with Crippen molar-refractivity contribution in [1.29, 1.82) is 0 Å². The molecular weight excluding hydrogens is 248 g/mol. The number of hydrogen-bond donors (Lipinski definition) is 3. The average molecular weight is 268 g/mol. The van der Waals surface area contributed by atoms with Crippen LogP contribution in [-0.4, -0.2) is 49.1 Å². The largest absolute Gasteiger partial charge is 0.462 e. The van der Waals surface area contributed by atoms with E-state index >= 15 is 0 Å². The minimum absolute atomic E-state index is 0.101. The average Bonchev–Trinajstić information content (AvgIpc) is 2.38. The molecule has 0 amide bonds. The molecule has 106 valence electrons. The second-order valence-electron chi connectivity index (χ2n) is 3.90. The number of carbonyl (C=O) groups excluding carboxylic acids is 1. The molecule has 4 N–H and O–H groups in total. The zero-order chi connectivity index (χ0) is 14.3. The molecule has 0 bridgehead atoms. The van der Waals surface area contributed by atoms with E-state index in [1.165, 1.54) is 0 Å². The van der Waals surface area contributed by atoms with Crippen LogP contribution in [0.2, 0.25) is 0 Å². The Kier molecular flexibility index (Phi) is 6.11. The van der Waals surface area contributed by atoms with Gasteiger partial charge in [-0.15, -0.1) is 0 Å². The van der Waals surface area contributed by atoms with Crippen molar-refractivity contribution < 1.29 is 19.7 Å². The summed E-state index contributed by atoms with van der Waals surface area (Å²) in [6.07, 6.45) is 0. The first-order valence-electron chi connectivity index (χ1n) is 6.18. The quantitative estimate of drug-likeness (QED) is 0.484. The molecule has 0 aliphatic carbocycles. The minimum Gasteiger partial charge on any atom is -0.462 e. The fraction of sp³-hybridized carbons (Fsp3) is 0.462. The highest BCUT2D eigenvalue weighted by Gasteiger charge is 2.19. The highest BCUT2D eigenvalue weighted by Crippen LogP contribution is 2.28. The Hall–Kier alpha value is -1.79. The van der Waals surface area contributed by atoms with Crippen LogP contribution >= 0.6 is 0 Å². The number of benzene rings is 1. The third-order valence-electron chi connectivity index (χ3n) is 2.62. The predicted molar refractivity (Wildman–Crippen MR) is 73.2 cm³/mol. The first kappa shape index (κ1) is 15.3. The molecule has 0 aromatic heterocycles. The summed E-state index contributed by atoms with van der Waals surface area (Å²) < 4.78 is 4.98. The van der Waals surface area contributed by atoms with Crippen molar-refractivity contribution in [3.63, 3.8) is 0 Å². The molecule has 1 aromatic rings. The van der Waals surface area contributed by atoms with Gasteiger partial charge in [-0.3, -0.25) is 0 Å². The zero-order valence-corrected chi connectivity index (χ0v) is 11.0. The van der Waals surface area contributed by atoms with Crippen molar-refractivity contribution in [3.05, 3.63) is 23.8 Å². The molecule has 1 aromatic carbocycles. The van der Waals surface area contributed by atoms with Crippen LogP contribution in [0.5, 0.6) is 0 Å². The number of nitrogens with two attached hydrogens (primary N) is 1. The lowest BCUT2D eigenvalue weighted by Gasteiger charge is -2.26. The van der Waals surface area contributed by atoms with Gasteiger partial charge in [0.25, 0.3) is 0 Å². The Balaban J connectivity index is 3.17. The molecule has 1 rings (SSSR count). The molecule has 0 heterocycles. The number of aliphatic hydroxyl groups excluding tert-OH is 2. The monoisotopic (exact) mass is 268 g/mol. The number of ether oxygens (including phenoxy) is 1. The number of esters is 1. The maximum atomic E-state index is 11.9. The summed E-state index contributed by atoms with van der Waals surface area (Å²) in [5.41, 5.74) is 7.14. The normalized spacial score (nSPS) is 10.3. The van der Waals surface area contributed by atoms with Gasteiger partial charge in [0, 0.05) is 13.1 Å². The van der Waals surface area contributed by atoms with Crippen molar-refractivity contribution in [3.8, 4) is 0 Å². The van der Waals surface area contributed by atoms with Gasteiger partial charge in [-0.1, -0.05) is 6.07 Å². The van der Waals surface area contributed by atoms with E-state index < -0.39 is 5.97 Å². The van der Waals surface area contributed by atoms with Crippen LogP contribution in [0.15, 0.2) is 18.2 Å². The fourth-order valence-electron chi connectivity index (χ4n) is 1.86. The molecule has 0 spiro atoms. The molecule has 0 fully saturated rings. The Morgan fingerprint density at radius 1 is 1.32 bits per heavy atom. The number of hydrogen-bond acceptors (Lipinski definition) is 6. The van der Waals surface area contributed by atoms with Gasteiger partial charge in [0.2, 0.25) is 0 Å². The van der Waals surface area contributed by atoms with Crippen LogP contribution in [0.25, 0.3) is 0 Å². The Morgan fingerprint density at radius 3 is 2.47 bits per heavy atom. The van der Waals surface area contributed by atoms with Crippen LogP contribution in [-0.2, 0) is 4.74 Å². The Morgan fingerprint density at radius 2 is 1.95 bits per heavy atom. The Labute approximate surface area is 112 Å². The van der Waals surface area contributed by atoms with Crippen LogP contribution in [0.4, 0.5) is 11.4 Å². The van der Waals surface area contributed by atoms with Crippen molar-refractivity contribution in [1.82, 2.24) is 0 Å². The van der Waals surface area contributed by atoms with Gasteiger partial charge >= 0.3 is 5.97 Å². The fourth-order valence-corrected chi connectivity index (χ4v) is 1.86. The van der Waals surface area contributed by atoms with Crippen molar-refractivity contribution in [2.24, 2.45) is 0 Å². The maximum Gasteiger partial charge on any atom is 0.340 e. The summed E-state index contributed by atoms with van der Waals surface area (Å²) in [6, 6.07) is 4.95. The topological polar surface area (TPSA) is 96.0 Å². The second-order valence-corrected chi connectivity index (χ2v) is 3.90. The number of anilines is 2. The highest BCUT2D eigenvalue weighted by molar-refractivity contribution is 5.99. The SMILES string of the molecule is CCOC(=O)c1cccc(N)c1N(CCO)CCO. The molecule has 6 heteroatoms. The highest BCUT2D eigenvalue weighted by atomic mass is 16.5. The van der Waals surface area contributed by atoms with Crippen LogP contribution in [0.3, 0.4) is 0 Å². The van der Waals surface area contributed by atoms with E-state index in [0.717, 1.165) is 0 Å². The maximum absolute atomic E-state index is 11.9. The third kappa shape index (κ3) is 3.84. The zero-order valence-electron chi connectivity index (χ0n) is 11.0. The first-order chi connectivity index (χ1) is 9.15. The van der Waals surface area contributed by atoms with Gasteiger partial charge in [0.1, 0.15) is 0 Å². The molecule has 0 aliphatic rings. The van der Waals surface area contributed by atoms with E-state index in [0.29, 0.717) is 16.9 Å². The lowest BCUT2D eigenvalue weighted by Crippen LogP contribution is -2.32. The van der Waals surface area contributed by atoms with Crippen LogP contribution in [0.1, 0.15) is 17.3 Å². The van der Waals surface area contributed by atoms with Gasteiger partial charge in [-0.05, 0) is 19.1 Å². The smallest absolute Gasteiger partial charge is 0.340 e. The van der Waals surface area contributed by atoms with Crippen molar-refractivity contribution in [2.45, 2.75) is 6.92 Å². The molecular formula is C13H20N2O4. The predicted octanol–water partition coefficient (Wildman–Crippen LogP) is 0.237. The molecule has 6 nitrogen and oxygen atoms in total. The standard InChI is InChI=1S/C13H20N2O4/c1-2-19-13(18)10-4-3-5-11(14)12(10)15(6-8-16)7-9-17/h3-5,16-17H,2,6-9,14H2,1H3. The molecule has 0 saturated carbocycles. The van der Waals surface area contributed by atoms with Crippen molar-refractivity contribution >= 4 is 17.3 Å². The van der Waals surface area contributed by atoms with E-state index in [-0.39, 0.29) is 32.9 Å². The number of para-hydroxylation sites is 1. The summed E-state index contributed by atoms with van der Waals surface area (Å²) in [5.74, 6) is -0.467. The number of aliphatic hydroxyl groups is 2. The molecule has 0 unspecified atom stereocenters. The third-order valence-corrected chi connectivity index (χ3v) is 2.62. The molecule has 0 aliphatic heterocycles. The molecule has 0 atom stereocenters. The summed E-state index contributed by atoms with van der Waals surface area (Å²) in [5, 5.41) is 18.1. The summed E-state index contributed by atoms with van der Waals surface area (Å²) in [4.78, 5) is 13.6. The lowest BCUT2D eigenvalue weighted by molar-refractivity contribution is 0.0527. The van der Waals surface area contributed by atoms with Crippen LogP contribution in [0, 0.1) is 0 Å². The van der Waals surface area contributed by atoms with E-state index in [1.807, 2.05) is 0 Å². The van der Waals surface area contributed by atoms with E-state index in [2.05, 4.69) is 0 Å². The van der Waals surface area contributed by atoms with Crippen LogP contribution < -0.4 is 10.6 Å².